The lowest BCUT2D eigenvalue weighted by molar-refractivity contribution is -0.145. The summed E-state index contributed by atoms with van der Waals surface area (Å²) < 4.78 is 4.73. The summed E-state index contributed by atoms with van der Waals surface area (Å²) in [5, 5.41) is 0. The lowest BCUT2D eigenvalue weighted by Crippen LogP contribution is -2.20. The van der Waals surface area contributed by atoms with Crippen LogP contribution >= 0.6 is 0 Å². The summed E-state index contributed by atoms with van der Waals surface area (Å²) in [5.74, 6) is -0.269. The standard InChI is InChI=1S/C12H17NO2/c1-8-6-5-7-13-11(8)9(2)10(3)12(14)15-4/h5-7,9-10H,1-4H3/t9-,10-/m1/s1. The Bertz CT molecular complexity index is 349. The molecule has 82 valence electrons. The van der Waals surface area contributed by atoms with E-state index in [1.54, 1.807) is 6.20 Å². The molecule has 2 atom stereocenters. The molecule has 0 fully saturated rings. The van der Waals surface area contributed by atoms with E-state index in [1.807, 2.05) is 32.9 Å². The molecule has 15 heavy (non-hydrogen) atoms. The number of hydrogen-bond donors (Lipinski definition) is 0. The minimum absolute atomic E-state index is 0.0821. The quantitative estimate of drug-likeness (QED) is 0.714. The van der Waals surface area contributed by atoms with Gasteiger partial charge in [-0.3, -0.25) is 9.78 Å². The number of ether oxygens (including phenoxy) is 1. The Labute approximate surface area is 90.5 Å². The van der Waals surface area contributed by atoms with Crippen LogP contribution in [-0.2, 0) is 9.53 Å². The average Bonchev–Trinajstić information content (AvgIpc) is 2.26. The first kappa shape index (κ1) is 11.7. The molecule has 0 aliphatic heterocycles. The van der Waals surface area contributed by atoms with Crippen molar-refractivity contribution >= 4 is 5.97 Å². The topological polar surface area (TPSA) is 39.2 Å². The van der Waals surface area contributed by atoms with Crippen LogP contribution in [0.1, 0.15) is 31.0 Å². The Hall–Kier alpha value is -1.38. The van der Waals surface area contributed by atoms with Gasteiger partial charge < -0.3 is 4.74 Å². The third-order valence-corrected chi connectivity index (χ3v) is 2.80. The van der Waals surface area contributed by atoms with Crippen LogP contribution in [-0.4, -0.2) is 18.1 Å². The first-order chi connectivity index (χ1) is 7.07. The van der Waals surface area contributed by atoms with Crippen LogP contribution in [0.3, 0.4) is 0 Å². The van der Waals surface area contributed by atoms with E-state index < -0.39 is 0 Å². The van der Waals surface area contributed by atoms with Gasteiger partial charge in [-0.15, -0.1) is 0 Å². The zero-order valence-corrected chi connectivity index (χ0v) is 9.65. The highest BCUT2D eigenvalue weighted by molar-refractivity contribution is 5.73. The van der Waals surface area contributed by atoms with Crippen molar-refractivity contribution in [3.8, 4) is 0 Å². The first-order valence-corrected chi connectivity index (χ1v) is 5.07. The van der Waals surface area contributed by atoms with Crippen molar-refractivity contribution in [2.45, 2.75) is 26.7 Å². The van der Waals surface area contributed by atoms with Gasteiger partial charge in [0.2, 0.25) is 0 Å². The van der Waals surface area contributed by atoms with Crippen LogP contribution < -0.4 is 0 Å². The van der Waals surface area contributed by atoms with E-state index in [0.29, 0.717) is 0 Å². The van der Waals surface area contributed by atoms with Gasteiger partial charge in [0.1, 0.15) is 0 Å². The molecular formula is C12H17NO2. The van der Waals surface area contributed by atoms with E-state index in [-0.39, 0.29) is 17.8 Å². The zero-order valence-electron chi connectivity index (χ0n) is 9.65. The Morgan fingerprint density at radius 3 is 2.67 bits per heavy atom. The van der Waals surface area contributed by atoms with Crippen LogP contribution in [0.4, 0.5) is 0 Å². The molecule has 0 bridgehead atoms. The highest BCUT2D eigenvalue weighted by atomic mass is 16.5. The van der Waals surface area contributed by atoms with Crippen molar-refractivity contribution in [2.75, 3.05) is 7.11 Å². The fourth-order valence-electron chi connectivity index (χ4n) is 1.60. The molecule has 3 nitrogen and oxygen atoms in total. The second kappa shape index (κ2) is 4.91. The van der Waals surface area contributed by atoms with Crippen LogP contribution in [0.2, 0.25) is 0 Å². The van der Waals surface area contributed by atoms with Crippen molar-refractivity contribution in [1.29, 1.82) is 0 Å². The van der Waals surface area contributed by atoms with Gasteiger partial charge >= 0.3 is 5.97 Å². The summed E-state index contributed by atoms with van der Waals surface area (Å²) >= 11 is 0. The maximum absolute atomic E-state index is 11.4. The van der Waals surface area contributed by atoms with Crippen molar-refractivity contribution in [2.24, 2.45) is 5.92 Å². The number of pyridine rings is 1. The monoisotopic (exact) mass is 207 g/mol. The maximum atomic E-state index is 11.4. The highest BCUT2D eigenvalue weighted by Gasteiger charge is 2.24. The molecule has 0 radical (unpaired) electrons. The molecule has 1 heterocycles. The highest BCUT2D eigenvalue weighted by Crippen LogP contribution is 2.25. The van der Waals surface area contributed by atoms with Gasteiger partial charge in [0.25, 0.3) is 0 Å². The fraction of sp³-hybridized carbons (Fsp3) is 0.500. The fourth-order valence-corrected chi connectivity index (χ4v) is 1.60. The zero-order chi connectivity index (χ0) is 11.4. The summed E-state index contributed by atoms with van der Waals surface area (Å²) in [6, 6.07) is 3.90. The van der Waals surface area contributed by atoms with Gasteiger partial charge in [-0.2, -0.15) is 0 Å². The molecule has 0 spiro atoms. The van der Waals surface area contributed by atoms with Crippen LogP contribution in [0.5, 0.6) is 0 Å². The summed E-state index contributed by atoms with van der Waals surface area (Å²) in [7, 11) is 1.41. The lowest BCUT2D eigenvalue weighted by Gasteiger charge is -2.18. The molecule has 0 saturated carbocycles. The minimum atomic E-state index is -0.187. The molecule has 0 amide bonds. The maximum Gasteiger partial charge on any atom is 0.309 e. The number of methoxy groups -OCH3 is 1. The van der Waals surface area contributed by atoms with E-state index in [0.717, 1.165) is 11.3 Å². The first-order valence-electron chi connectivity index (χ1n) is 5.07. The number of nitrogens with zero attached hydrogens (tertiary/aromatic N) is 1. The Morgan fingerprint density at radius 1 is 1.47 bits per heavy atom. The largest absolute Gasteiger partial charge is 0.469 e. The third-order valence-electron chi connectivity index (χ3n) is 2.80. The molecule has 0 aliphatic rings. The van der Waals surface area contributed by atoms with Gasteiger partial charge in [-0.1, -0.05) is 19.9 Å². The predicted molar refractivity (Wildman–Crippen MR) is 58.6 cm³/mol. The van der Waals surface area contributed by atoms with Crippen molar-refractivity contribution in [3.63, 3.8) is 0 Å². The van der Waals surface area contributed by atoms with Gasteiger partial charge in [-0.25, -0.2) is 0 Å². The van der Waals surface area contributed by atoms with Crippen molar-refractivity contribution in [3.05, 3.63) is 29.6 Å². The van der Waals surface area contributed by atoms with Gasteiger partial charge in [0.15, 0.2) is 0 Å². The Morgan fingerprint density at radius 2 is 2.13 bits per heavy atom. The lowest BCUT2D eigenvalue weighted by atomic mass is 9.90. The van der Waals surface area contributed by atoms with Crippen LogP contribution in [0, 0.1) is 12.8 Å². The van der Waals surface area contributed by atoms with Crippen LogP contribution in [0.15, 0.2) is 18.3 Å². The molecule has 0 saturated heterocycles. The van der Waals surface area contributed by atoms with Crippen LogP contribution in [0.25, 0.3) is 0 Å². The van der Waals surface area contributed by atoms with Gasteiger partial charge in [0.05, 0.1) is 13.0 Å². The second-order valence-corrected chi connectivity index (χ2v) is 3.81. The number of rotatable bonds is 3. The molecule has 1 rings (SSSR count). The molecular weight excluding hydrogens is 190 g/mol. The molecule has 3 heteroatoms. The molecule has 0 N–H and O–H groups in total. The Kier molecular flexibility index (Phi) is 3.83. The van der Waals surface area contributed by atoms with Gasteiger partial charge in [-0.05, 0) is 18.6 Å². The molecule has 0 aromatic carbocycles. The second-order valence-electron chi connectivity index (χ2n) is 3.81. The van der Waals surface area contributed by atoms with E-state index in [9.17, 15) is 4.79 Å². The Balaban J connectivity index is 2.89. The predicted octanol–water partition coefficient (Wildman–Crippen LogP) is 2.30. The van der Waals surface area contributed by atoms with Crippen molar-refractivity contribution in [1.82, 2.24) is 4.98 Å². The third kappa shape index (κ3) is 2.55. The molecule has 1 aromatic rings. The molecule has 0 aliphatic carbocycles. The molecule has 1 aromatic heterocycles. The van der Waals surface area contributed by atoms with E-state index in [2.05, 4.69) is 4.98 Å². The van der Waals surface area contributed by atoms with Gasteiger partial charge in [0, 0.05) is 17.8 Å². The van der Waals surface area contributed by atoms with E-state index in [1.165, 1.54) is 7.11 Å². The number of hydrogen-bond acceptors (Lipinski definition) is 3. The van der Waals surface area contributed by atoms with E-state index >= 15 is 0 Å². The normalized spacial score (nSPS) is 14.4. The number of aryl methyl sites for hydroxylation is 1. The van der Waals surface area contributed by atoms with Crippen molar-refractivity contribution < 1.29 is 9.53 Å². The number of esters is 1. The number of carbonyl (C=O) groups is 1. The number of carbonyl (C=O) groups excluding carboxylic acids is 1. The SMILES string of the molecule is COC(=O)[C@H](C)[C@@H](C)c1ncccc1C. The smallest absolute Gasteiger partial charge is 0.309 e. The summed E-state index contributed by atoms with van der Waals surface area (Å²) in [5.41, 5.74) is 2.08. The number of aromatic nitrogens is 1. The minimum Gasteiger partial charge on any atom is -0.469 e. The summed E-state index contributed by atoms with van der Waals surface area (Å²) in [6.07, 6.45) is 1.75. The summed E-state index contributed by atoms with van der Waals surface area (Å²) in [4.78, 5) is 15.7. The molecule has 0 unspecified atom stereocenters. The van der Waals surface area contributed by atoms with E-state index in [4.69, 9.17) is 4.74 Å². The average molecular weight is 207 g/mol. The summed E-state index contributed by atoms with van der Waals surface area (Å²) in [6.45, 7) is 5.87.